The Hall–Kier alpha value is -1.26. The van der Waals surface area contributed by atoms with Gasteiger partial charge < -0.3 is 10.2 Å². The maximum Gasteiger partial charge on any atom is 0.254 e. The Morgan fingerprint density at radius 1 is 1.26 bits per heavy atom. The van der Waals surface area contributed by atoms with E-state index >= 15 is 0 Å². The molecule has 0 aliphatic rings. The van der Waals surface area contributed by atoms with Crippen LogP contribution in [0.5, 0.6) is 0 Å². The number of nitrogens with one attached hydrogen (secondary N) is 1. The summed E-state index contributed by atoms with van der Waals surface area (Å²) in [5.41, 5.74) is 0.397. The maximum absolute atomic E-state index is 12.1. The molecule has 0 aromatic heterocycles. The Morgan fingerprint density at radius 3 is 2.42 bits per heavy atom. The zero-order valence-electron chi connectivity index (χ0n) is 11.0. The number of benzene rings is 1. The predicted molar refractivity (Wildman–Crippen MR) is 76.7 cm³/mol. The van der Waals surface area contributed by atoms with Gasteiger partial charge in [-0.1, -0.05) is 23.2 Å². The Balaban J connectivity index is 2.71. The highest BCUT2D eigenvalue weighted by molar-refractivity contribution is 6.42. The summed E-state index contributed by atoms with van der Waals surface area (Å²) >= 11 is 11.6. The maximum atomic E-state index is 12.1. The molecule has 0 saturated heterocycles. The Kier molecular flexibility index (Phi) is 5.63. The summed E-state index contributed by atoms with van der Waals surface area (Å²) in [5, 5.41) is 3.42. The fourth-order valence-corrected chi connectivity index (χ4v) is 1.80. The summed E-state index contributed by atoms with van der Waals surface area (Å²) in [6.45, 7) is 3.72. The number of nitrogens with zero attached hydrogens (tertiary/aromatic N) is 1. The standard InChI is InChI=1S/C13H16Cl2N2O2/c1-8(2)16-12(18)7-17(3)13(19)9-4-5-10(14)11(15)6-9/h4-6,8H,7H2,1-3H3,(H,16,18). The zero-order chi connectivity index (χ0) is 14.6. The van der Waals surface area contributed by atoms with E-state index in [0.717, 1.165) is 0 Å². The van der Waals surface area contributed by atoms with Gasteiger partial charge in [0.05, 0.1) is 16.6 Å². The first-order valence-corrected chi connectivity index (χ1v) is 6.56. The van der Waals surface area contributed by atoms with Crippen molar-refractivity contribution >= 4 is 35.0 Å². The molecule has 0 saturated carbocycles. The summed E-state index contributed by atoms with van der Waals surface area (Å²) in [6.07, 6.45) is 0. The fraction of sp³-hybridized carbons (Fsp3) is 0.385. The van der Waals surface area contributed by atoms with Crippen molar-refractivity contribution < 1.29 is 9.59 Å². The van der Waals surface area contributed by atoms with E-state index in [0.29, 0.717) is 15.6 Å². The van der Waals surface area contributed by atoms with Crippen molar-refractivity contribution in [3.63, 3.8) is 0 Å². The lowest BCUT2D eigenvalue weighted by atomic mass is 10.2. The van der Waals surface area contributed by atoms with E-state index in [9.17, 15) is 9.59 Å². The summed E-state index contributed by atoms with van der Waals surface area (Å²) in [6, 6.07) is 4.66. The van der Waals surface area contributed by atoms with Crippen molar-refractivity contribution in [3.05, 3.63) is 33.8 Å². The highest BCUT2D eigenvalue weighted by atomic mass is 35.5. The monoisotopic (exact) mass is 302 g/mol. The van der Waals surface area contributed by atoms with Crippen LogP contribution in [-0.2, 0) is 4.79 Å². The van der Waals surface area contributed by atoms with Gasteiger partial charge in [0.25, 0.3) is 5.91 Å². The van der Waals surface area contributed by atoms with Crippen LogP contribution in [0.4, 0.5) is 0 Å². The first kappa shape index (κ1) is 15.8. The molecule has 0 spiro atoms. The molecular weight excluding hydrogens is 287 g/mol. The summed E-state index contributed by atoms with van der Waals surface area (Å²) < 4.78 is 0. The lowest BCUT2D eigenvalue weighted by Crippen LogP contribution is -2.40. The second-order valence-corrected chi connectivity index (χ2v) is 5.33. The average molecular weight is 303 g/mol. The third-order valence-corrected chi connectivity index (χ3v) is 3.08. The van der Waals surface area contributed by atoms with E-state index in [2.05, 4.69) is 5.32 Å². The number of carbonyl (C=O) groups excluding carboxylic acids is 2. The minimum Gasteiger partial charge on any atom is -0.352 e. The van der Waals surface area contributed by atoms with Crippen LogP contribution in [0.2, 0.25) is 10.0 Å². The third kappa shape index (κ3) is 4.73. The van der Waals surface area contributed by atoms with Crippen molar-refractivity contribution in [1.82, 2.24) is 10.2 Å². The van der Waals surface area contributed by atoms with Crippen LogP contribution in [-0.4, -0.2) is 36.3 Å². The molecule has 1 aromatic carbocycles. The summed E-state index contributed by atoms with van der Waals surface area (Å²) in [7, 11) is 1.56. The smallest absolute Gasteiger partial charge is 0.254 e. The molecule has 104 valence electrons. The van der Waals surface area contributed by atoms with Gasteiger partial charge in [-0.25, -0.2) is 0 Å². The first-order valence-electron chi connectivity index (χ1n) is 5.81. The molecule has 0 bridgehead atoms. The Morgan fingerprint density at radius 2 is 1.89 bits per heavy atom. The number of carbonyl (C=O) groups is 2. The van der Waals surface area contributed by atoms with Gasteiger partial charge in [0, 0.05) is 18.7 Å². The van der Waals surface area contributed by atoms with E-state index in [1.807, 2.05) is 13.8 Å². The van der Waals surface area contributed by atoms with Crippen LogP contribution in [0.1, 0.15) is 24.2 Å². The minimum absolute atomic E-state index is 0.00272. The topological polar surface area (TPSA) is 49.4 Å². The minimum atomic E-state index is -0.280. The number of rotatable bonds is 4. The Bertz CT molecular complexity index is 490. The van der Waals surface area contributed by atoms with Crippen LogP contribution < -0.4 is 5.32 Å². The normalized spacial score (nSPS) is 10.4. The van der Waals surface area contributed by atoms with E-state index in [1.54, 1.807) is 19.2 Å². The second kappa shape index (κ2) is 6.78. The molecule has 0 radical (unpaired) electrons. The van der Waals surface area contributed by atoms with Crippen LogP contribution >= 0.6 is 23.2 Å². The molecule has 1 aromatic rings. The predicted octanol–water partition coefficient (Wildman–Crippen LogP) is 2.59. The van der Waals surface area contributed by atoms with Gasteiger partial charge in [-0.05, 0) is 32.0 Å². The van der Waals surface area contributed by atoms with Crippen LogP contribution in [0.3, 0.4) is 0 Å². The van der Waals surface area contributed by atoms with Gasteiger partial charge in [0.2, 0.25) is 5.91 Å². The summed E-state index contributed by atoms with van der Waals surface area (Å²) in [4.78, 5) is 25.0. The van der Waals surface area contributed by atoms with Gasteiger partial charge in [-0.15, -0.1) is 0 Å². The molecule has 19 heavy (non-hydrogen) atoms. The van der Waals surface area contributed by atoms with Gasteiger partial charge >= 0.3 is 0 Å². The molecule has 1 N–H and O–H groups in total. The largest absolute Gasteiger partial charge is 0.352 e. The molecule has 0 unspecified atom stereocenters. The van der Waals surface area contributed by atoms with Gasteiger partial charge in [-0.3, -0.25) is 9.59 Å². The van der Waals surface area contributed by atoms with Crippen molar-refractivity contribution in [2.75, 3.05) is 13.6 Å². The van der Waals surface area contributed by atoms with Gasteiger partial charge in [0.15, 0.2) is 0 Å². The number of hydrogen-bond donors (Lipinski definition) is 1. The molecule has 0 fully saturated rings. The highest BCUT2D eigenvalue weighted by Gasteiger charge is 2.16. The van der Waals surface area contributed by atoms with Gasteiger partial charge in [-0.2, -0.15) is 0 Å². The molecule has 2 amide bonds. The molecule has 0 aliphatic heterocycles. The lowest BCUT2D eigenvalue weighted by Gasteiger charge is -2.18. The third-order valence-electron chi connectivity index (χ3n) is 2.34. The van der Waals surface area contributed by atoms with Crippen molar-refractivity contribution in [3.8, 4) is 0 Å². The van der Waals surface area contributed by atoms with E-state index in [4.69, 9.17) is 23.2 Å². The molecular formula is C13H16Cl2N2O2. The molecule has 4 nitrogen and oxygen atoms in total. The number of halogens is 2. The average Bonchev–Trinajstić information content (AvgIpc) is 2.30. The van der Waals surface area contributed by atoms with E-state index < -0.39 is 0 Å². The molecule has 0 atom stereocenters. The number of hydrogen-bond acceptors (Lipinski definition) is 2. The first-order chi connectivity index (χ1) is 8.81. The molecule has 1 rings (SSSR count). The highest BCUT2D eigenvalue weighted by Crippen LogP contribution is 2.23. The molecule has 0 heterocycles. The zero-order valence-corrected chi connectivity index (χ0v) is 12.5. The van der Waals surface area contributed by atoms with E-state index in [1.165, 1.54) is 11.0 Å². The molecule has 6 heteroatoms. The lowest BCUT2D eigenvalue weighted by molar-refractivity contribution is -0.122. The number of likely N-dealkylation sites (N-methyl/N-ethyl adjacent to an activating group) is 1. The van der Waals surface area contributed by atoms with Crippen LogP contribution in [0.25, 0.3) is 0 Å². The van der Waals surface area contributed by atoms with Crippen LogP contribution in [0.15, 0.2) is 18.2 Å². The van der Waals surface area contributed by atoms with Gasteiger partial charge in [0.1, 0.15) is 0 Å². The van der Waals surface area contributed by atoms with Crippen molar-refractivity contribution in [2.45, 2.75) is 19.9 Å². The molecule has 0 aliphatic carbocycles. The van der Waals surface area contributed by atoms with E-state index in [-0.39, 0.29) is 24.4 Å². The second-order valence-electron chi connectivity index (χ2n) is 4.51. The quantitative estimate of drug-likeness (QED) is 0.929. The van der Waals surface area contributed by atoms with Crippen molar-refractivity contribution in [1.29, 1.82) is 0 Å². The summed E-state index contributed by atoms with van der Waals surface area (Å²) in [5.74, 6) is -0.483. The SMILES string of the molecule is CC(C)NC(=O)CN(C)C(=O)c1ccc(Cl)c(Cl)c1. The number of amides is 2. The Labute approximate surface area is 122 Å². The van der Waals surface area contributed by atoms with Crippen molar-refractivity contribution in [2.24, 2.45) is 0 Å². The van der Waals surface area contributed by atoms with Crippen LogP contribution in [0, 0.1) is 0 Å². The fourth-order valence-electron chi connectivity index (χ4n) is 1.50.